The first kappa shape index (κ1) is 20.3. The van der Waals surface area contributed by atoms with Gasteiger partial charge in [-0.15, -0.1) is 0 Å². The van der Waals surface area contributed by atoms with Crippen LogP contribution < -0.4 is 4.90 Å². The lowest BCUT2D eigenvalue weighted by molar-refractivity contribution is -0.897. The largest absolute Gasteiger partial charge is 0.335 e. The number of hydrogen-bond donors (Lipinski definition) is 1. The van der Waals surface area contributed by atoms with Crippen molar-refractivity contribution in [2.45, 2.75) is 44.9 Å². The summed E-state index contributed by atoms with van der Waals surface area (Å²) in [5, 5.41) is 0. The fourth-order valence-electron chi connectivity index (χ4n) is 4.43. The molecule has 7 heteroatoms. The number of quaternary nitrogens is 1. The lowest BCUT2D eigenvalue weighted by Crippen LogP contribution is -3.13. The summed E-state index contributed by atoms with van der Waals surface area (Å²) < 4.78 is 27.8. The van der Waals surface area contributed by atoms with Gasteiger partial charge in [0.25, 0.3) is 5.91 Å². The van der Waals surface area contributed by atoms with Gasteiger partial charge >= 0.3 is 0 Å². The second kappa shape index (κ2) is 8.29. The first-order valence-corrected chi connectivity index (χ1v) is 11.4. The van der Waals surface area contributed by atoms with Gasteiger partial charge < -0.3 is 9.80 Å². The minimum atomic E-state index is -3.53. The fourth-order valence-corrected chi connectivity index (χ4v) is 6.27. The molecule has 1 aromatic rings. The molecule has 2 aliphatic rings. The zero-order valence-electron chi connectivity index (χ0n) is 16.8. The summed E-state index contributed by atoms with van der Waals surface area (Å²) in [5.74, 6) is 0.159. The highest BCUT2D eigenvalue weighted by Crippen LogP contribution is 2.26. The predicted molar refractivity (Wildman–Crippen MR) is 105 cm³/mol. The maximum absolute atomic E-state index is 13.2. The first-order chi connectivity index (χ1) is 12.8. The number of benzene rings is 1. The Hall–Kier alpha value is -1.44. The smallest absolute Gasteiger partial charge is 0.277 e. The molecule has 3 rings (SSSR count). The number of piperazine rings is 1. The van der Waals surface area contributed by atoms with Crippen LogP contribution in [0.3, 0.4) is 0 Å². The van der Waals surface area contributed by atoms with Crippen LogP contribution in [0, 0.1) is 20.8 Å². The molecular weight excluding hydrogens is 362 g/mol. The van der Waals surface area contributed by atoms with E-state index in [0.717, 1.165) is 29.8 Å². The Morgan fingerprint density at radius 2 is 1.52 bits per heavy atom. The Balaban J connectivity index is 1.64. The monoisotopic (exact) mass is 394 g/mol. The summed E-state index contributed by atoms with van der Waals surface area (Å²) in [4.78, 5) is 16.2. The number of nitrogens with one attached hydrogen (secondary N) is 1. The Morgan fingerprint density at radius 3 is 2.07 bits per heavy atom. The molecule has 2 heterocycles. The van der Waals surface area contributed by atoms with E-state index >= 15 is 0 Å². The molecule has 0 atom stereocenters. The van der Waals surface area contributed by atoms with Gasteiger partial charge in [0.1, 0.15) is 0 Å². The molecule has 0 aromatic heterocycles. The Morgan fingerprint density at radius 1 is 0.963 bits per heavy atom. The van der Waals surface area contributed by atoms with Gasteiger partial charge in [-0.2, -0.15) is 4.31 Å². The molecular formula is C20H32N3O3S+. The van der Waals surface area contributed by atoms with Crippen molar-refractivity contribution < 1.29 is 18.1 Å². The molecule has 2 fully saturated rings. The van der Waals surface area contributed by atoms with E-state index in [1.54, 1.807) is 0 Å². The van der Waals surface area contributed by atoms with Crippen LogP contribution in [0.5, 0.6) is 0 Å². The molecule has 2 saturated heterocycles. The molecule has 0 spiro atoms. The van der Waals surface area contributed by atoms with Crippen molar-refractivity contribution in [2.24, 2.45) is 0 Å². The number of carbonyl (C=O) groups is 1. The number of likely N-dealkylation sites (tertiary alicyclic amines) is 1. The Bertz CT molecular complexity index is 770. The maximum atomic E-state index is 13.2. The fraction of sp³-hybridized carbons (Fsp3) is 0.650. The van der Waals surface area contributed by atoms with E-state index in [9.17, 15) is 13.2 Å². The molecule has 0 unspecified atom stereocenters. The third kappa shape index (κ3) is 4.52. The van der Waals surface area contributed by atoms with Gasteiger partial charge in [-0.05, 0) is 51.2 Å². The van der Waals surface area contributed by atoms with Crippen LogP contribution in [0.2, 0.25) is 0 Å². The van der Waals surface area contributed by atoms with Crippen LogP contribution in [0.15, 0.2) is 17.0 Å². The molecule has 0 bridgehead atoms. The molecule has 2 aliphatic heterocycles. The minimum absolute atomic E-state index is 0.159. The average Bonchev–Trinajstić information content (AvgIpc) is 2.61. The van der Waals surface area contributed by atoms with Crippen molar-refractivity contribution in [3.05, 3.63) is 28.8 Å². The lowest BCUT2D eigenvalue weighted by Gasteiger charge is -2.35. The van der Waals surface area contributed by atoms with Crippen LogP contribution in [0.1, 0.15) is 36.0 Å². The van der Waals surface area contributed by atoms with E-state index in [1.165, 1.54) is 28.5 Å². The van der Waals surface area contributed by atoms with Crippen molar-refractivity contribution in [3.63, 3.8) is 0 Å². The minimum Gasteiger partial charge on any atom is -0.335 e. The van der Waals surface area contributed by atoms with Gasteiger partial charge in [-0.1, -0.05) is 17.7 Å². The van der Waals surface area contributed by atoms with Crippen LogP contribution >= 0.6 is 0 Å². The van der Waals surface area contributed by atoms with Crippen molar-refractivity contribution in [1.82, 2.24) is 9.21 Å². The predicted octanol–water partition coefficient (Wildman–Crippen LogP) is 0.514. The quantitative estimate of drug-likeness (QED) is 0.810. The van der Waals surface area contributed by atoms with E-state index in [4.69, 9.17) is 0 Å². The van der Waals surface area contributed by atoms with Gasteiger partial charge in [0.05, 0.1) is 18.0 Å². The highest BCUT2D eigenvalue weighted by atomic mass is 32.2. The molecule has 0 saturated carbocycles. The second-order valence-corrected chi connectivity index (χ2v) is 9.87. The van der Waals surface area contributed by atoms with Crippen molar-refractivity contribution in [2.75, 3.05) is 45.8 Å². The third-order valence-electron chi connectivity index (χ3n) is 5.76. The molecule has 6 nitrogen and oxygen atoms in total. The van der Waals surface area contributed by atoms with Gasteiger partial charge in [0, 0.05) is 26.2 Å². The van der Waals surface area contributed by atoms with Crippen molar-refractivity contribution in [3.8, 4) is 0 Å². The van der Waals surface area contributed by atoms with Crippen LogP contribution in [0.25, 0.3) is 0 Å². The van der Waals surface area contributed by atoms with Gasteiger partial charge in [-0.3, -0.25) is 4.79 Å². The number of amides is 1. The Kier molecular flexibility index (Phi) is 6.23. The zero-order chi connectivity index (χ0) is 19.6. The summed E-state index contributed by atoms with van der Waals surface area (Å²) in [6, 6.07) is 3.84. The molecule has 27 heavy (non-hydrogen) atoms. The first-order valence-electron chi connectivity index (χ1n) is 9.98. The molecule has 1 aromatic carbocycles. The Labute approximate surface area is 163 Å². The number of carbonyl (C=O) groups excluding carboxylic acids is 1. The van der Waals surface area contributed by atoms with Crippen LogP contribution in [0.4, 0.5) is 0 Å². The van der Waals surface area contributed by atoms with Gasteiger partial charge in [-0.25, -0.2) is 8.42 Å². The highest BCUT2D eigenvalue weighted by Gasteiger charge is 2.33. The summed E-state index contributed by atoms with van der Waals surface area (Å²) >= 11 is 0. The number of rotatable bonds is 4. The highest BCUT2D eigenvalue weighted by molar-refractivity contribution is 7.89. The van der Waals surface area contributed by atoms with Crippen molar-refractivity contribution in [1.29, 1.82) is 0 Å². The van der Waals surface area contributed by atoms with E-state index in [2.05, 4.69) is 0 Å². The summed E-state index contributed by atoms with van der Waals surface area (Å²) in [6.45, 7) is 10.1. The number of aryl methyl sites for hydroxylation is 3. The molecule has 150 valence electrons. The SMILES string of the molecule is Cc1cc(C)c(S(=O)(=O)N2CCN(C(=O)C[NH+]3CCCCC3)CC2)c(C)c1. The summed E-state index contributed by atoms with van der Waals surface area (Å²) in [5.41, 5.74) is 2.65. The molecule has 1 N–H and O–H groups in total. The zero-order valence-corrected chi connectivity index (χ0v) is 17.6. The van der Waals surface area contributed by atoms with E-state index in [1.807, 2.05) is 37.8 Å². The maximum Gasteiger partial charge on any atom is 0.277 e. The second-order valence-electron chi connectivity index (χ2n) is 8.00. The summed E-state index contributed by atoms with van der Waals surface area (Å²) in [7, 11) is -3.53. The summed E-state index contributed by atoms with van der Waals surface area (Å²) in [6.07, 6.45) is 3.67. The number of piperidine rings is 1. The standard InChI is InChI=1S/C20H31N3O3S/c1-16-13-17(2)20(18(3)14-16)27(25,26)23-11-9-22(10-12-23)19(24)15-21-7-5-4-6-8-21/h13-14H,4-12,15H2,1-3H3/p+1. The number of sulfonamides is 1. The van der Waals surface area contributed by atoms with E-state index < -0.39 is 10.0 Å². The molecule has 1 amide bonds. The lowest BCUT2D eigenvalue weighted by atomic mass is 10.1. The number of hydrogen-bond acceptors (Lipinski definition) is 3. The van der Waals surface area contributed by atoms with Crippen LogP contribution in [-0.4, -0.2) is 69.3 Å². The third-order valence-corrected chi connectivity index (χ3v) is 7.96. The molecule has 0 radical (unpaired) electrons. The van der Waals surface area contributed by atoms with Crippen molar-refractivity contribution >= 4 is 15.9 Å². The number of nitrogens with zero attached hydrogens (tertiary/aromatic N) is 2. The average molecular weight is 395 g/mol. The van der Waals surface area contributed by atoms with Gasteiger partial charge in [0.2, 0.25) is 10.0 Å². The van der Waals surface area contributed by atoms with Crippen LogP contribution in [-0.2, 0) is 14.8 Å². The topological polar surface area (TPSA) is 62.1 Å². The van der Waals surface area contributed by atoms with E-state index in [-0.39, 0.29) is 5.91 Å². The molecule has 0 aliphatic carbocycles. The van der Waals surface area contributed by atoms with Gasteiger partial charge in [0.15, 0.2) is 6.54 Å². The van der Waals surface area contributed by atoms with E-state index in [0.29, 0.717) is 37.6 Å². The normalized spacial score (nSPS) is 20.0.